The standard InChI is InChI=1S/C20H28N4O/c1-22(2)13-17-14-24(12-16-8-5-4-6-9-16)15-18(17)21-20(25)19-10-7-11-23(19)3/h4-11,17-18H,12-15H2,1-3H3,(H,21,25)/t17-,18-/m1/s1. The Morgan fingerprint density at radius 2 is 1.92 bits per heavy atom. The number of benzene rings is 1. The summed E-state index contributed by atoms with van der Waals surface area (Å²) >= 11 is 0. The number of carbonyl (C=O) groups is 1. The third-order valence-corrected chi connectivity index (χ3v) is 4.86. The number of hydrogen-bond donors (Lipinski definition) is 1. The molecule has 2 heterocycles. The van der Waals surface area contributed by atoms with Gasteiger partial charge in [0.2, 0.25) is 0 Å². The number of rotatable bonds is 6. The van der Waals surface area contributed by atoms with E-state index in [1.54, 1.807) is 0 Å². The van der Waals surface area contributed by atoms with Gasteiger partial charge in [-0.2, -0.15) is 0 Å². The summed E-state index contributed by atoms with van der Waals surface area (Å²) in [4.78, 5) is 17.3. The molecule has 5 heteroatoms. The second-order valence-electron chi connectivity index (χ2n) is 7.29. The Balaban J connectivity index is 1.67. The number of nitrogens with zero attached hydrogens (tertiary/aromatic N) is 3. The van der Waals surface area contributed by atoms with Crippen molar-refractivity contribution in [1.82, 2.24) is 19.7 Å². The highest BCUT2D eigenvalue weighted by Gasteiger charge is 2.34. The van der Waals surface area contributed by atoms with Gasteiger partial charge in [0.15, 0.2) is 0 Å². The molecule has 5 nitrogen and oxygen atoms in total. The van der Waals surface area contributed by atoms with Gasteiger partial charge in [-0.3, -0.25) is 9.69 Å². The van der Waals surface area contributed by atoms with Crippen LogP contribution in [0.2, 0.25) is 0 Å². The SMILES string of the molecule is CN(C)C[C@@H]1CN(Cc2ccccc2)C[C@H]1NC(=O)c1cccn1C. The van der Waals surface area contributed by atoms with E-state index in [9.17, 15) is 4.79 Å². The minimum atomic E-state index is 0.0165. The molecular formula is C20H28N4O. The number of aromatic nitrogens is 1. The van der Waals surface area contributed by atoms with Crippen molar-refractivity contribution < 1.29 is 4.79 Å². The number of nitrogens with one attached hydrogen (secondary N) is 1. The van der Waals surface area contributed by atoms with Crippen LogP contribution in [-0.2, 0) is 13.6 Å². The summed E-state index contributed by atoms with van der Waals surface area (Å²) in [5.41, 5.74) is 2.03. The van der Waals surface area contributed by atoms with Crippen molar-refractivity contribution in [2.75, 3.05) is 33.7 Å². The second-order valence-corrected chi connectivity index (χ2v) is 7.29. The molecule has 1 aliphatic rings. The molecule has 0 unspecified atom stereocenters. The molecule has 1 amide bonds. The summed E-state index contributed by atoms with van der Waals surface area (Å²) in [5.74, 6) is 0.450. The van der Waals surface area contributed by atoms with Crippen molar-refractivity contribution in [3.8, 4) is 0 Å². The zero-order chi connectivity index (χ0) is 17.8. The van der Waals surface area contributed by atoms with Gasteiger partial charge in [0, 0.05) is 51.4 Å². The van der Waals surface area contributed by atoms with E-state index < -0.39 is 0 Å². The quantitative estimate of drug-likeness (QED) is 0.872. The van der Waals surface area contributed by atoms with Crippen molar-refractivity contribution in [3.63, 3.8) is 0 Å². The number of hydrogen-bond acceptors (Lipinski definition) is 3. The van der Waals surface area contributed by atoms with Crippen molar-refractivity contribution in [1.29, 1.82) is 0 Å². The molecule has 134 valence electrons. The molecule has 1 saturated heterocycles. The molecule has 0 spiro atoms. The van der Waals surface area contributed by atoms with E-state index in [-0.39, 0.29) is 11.9 Å². The van der Waals surface area contributed by atoms with E-state index in [4.69, 9.17) is 0 Å². The lowest BCUT2D eigenvalue weighted by atomic mass is 10.0. The molecule has 0 bridgehead atoms. The molecular weight excluding hydrogens is 312 g/mol. The Hall–Kier alpha value is -2.11. The van der Waals surface area contributed by atoms with Crippen molar-refractivity contribution in [2.45, 2.75) is 12.6 Å². The van der Waals surface area contributed by atoms with E-state index >= 15 is 0 Å². The molecule has 2 aromatic rings. The highest BCUT2D eigenvalue weighted by Crippen LogP contribution is 2.20. The van der Waals surface area contributed by atoms with Crippen LogP contribution in [0.25, 0.3) is 0 Å². The first kappa shape index (κ1) is 17.7. The molecule has 1 fully saturated rings. The zero-order valence-electron chi connectivity index (χ0n) is 15.4. The highest BCUT2D eigenvalue weighted by atomic mass is 16.2. The molecule has 2 atom stereocenters. The third-order valence-electron chi connectivity index (χ3n) is 4.86. The summed E-state index contributed by atoms with van der Waals surface area (Å²) in [6.07, 6.45) is 1.91. The molecule has 1 aliphatic heterocycles. The normalized spacial score (nSPS) is 21.0. The van der Waals surface area contributed by atoms with Crippen LogP contribution in [0.15, 0.2) is 48.7 Å². The van der Waals surface area contributed by atoms with Gasteiger partial charge in [0.1, 0.15) is 5.69 Å². The lowest BCUT2D eigenvalue weighted by molar-refractivity contribution is 0.0918. The summed E-state index contributed by atoms with van der Waals surface area (Å²) in [7, 11) is 6.09. The van der Waals surface area contributed by atoms with Gasteiger partial charge in [-0.1, -0.05) is 30.3 Å². The summed E-state index contributed by atoms with van der Waals surface area (Å²) < 4.78 is 1.87. The Labute approximate surface area is 150 Å². The van der Waals surface area contributed by atoms with Crippen LogP contribution in [0.3, 0.4) is 0 Å². The Morgan fingerprint density at radius 1 is 1.16 bits per heavy atom. The fraction of sp³-hybridized carbons (Fsp3) is 0.450. The van der Waals surface area contributed by atoms with Gasteiger partial charge in [-0.15, -0.1) is 0 Å². The average Bonchev–Trinajstić information content (AvgIpc) is 3.14. The number of amides is 1. The first-order valence-corrected chi connectivity index (χ1v) is 8.86. The number of aryl methyl sites for hydroxylation is 1. The van der Waals surface area contributed by atoms with Crippen LogP contribution in [-0.4, -0.2) is 60.0 Å². The van der Waals surface area contributed by atoms with Crippen molar-refractivity contribution in [2.24, 2.45) is 13.0 Å². The Kier molecular flexibility index (Phi) is 5.56. The van der Waals surface area contributed by atoms with Crippen LogP contribution in [0, 0.1) is 5.92 Å². The topological polar surface area (TPSA) is 40.5 Å². The second kappa shape index (κ2) is 7.85. The van der Waals surface area contributed by atoms with Gasteiger partial charge in [-0.05, 0) is 31.8 Å². The smallest absolute Gasteiger partial charge is 0.268 e. The van der Waals surface area contributed by atoms with Crippen LogP contribution in [0.4, 0.5) is 0 Å². The minimum Gasteiger partial charge on any atom is -0.347 e. The van der Waals surface area contributed by atoms with Crippen LogP contribution < -0.4 is 5.32 Å². The van der Waals surface area contributed by atoms with E-state index in [0.29, 0.717) is 11.6 Å². The number of carbonyl (C=O) groups excluding carboxylic acids is 1. The highest BCUT2D eigenvalue weighted by molar-refractivity contribution is 5.92. The first-order valence-electron chi connectivity index (χ1n) is 8.86. The predicted octanol–water partition coefficient (Wildman–Crippen LogP) is 1.82. The average molecular weight is 340 g/mol. The molecule has 1 aromatic heterocycles. The van der Waals surface area contributed by atoms with Gasteiger partial charge in [0.05, 0.1) is 0 Å². The van der Waals surface area contributed by atoms with Crippen LogP contribution >= 0.6 is 0 Å². The largest absolute Gasteiger partial charge is 0.347 e. The maximum absolute atomic E-state index is 12.6. The van der Waals surface area contributed by atoms with Crippen molar-refractivity contribution >= 4 is 5.91 Å². The molecule has 0 saturated carbocycles. The van der Waals surface area contributed by atoms with E-state index in [2.05, 4.69) is 53.5 Å². The van der Waals surface area contributed by atoms with Gasteiger partial charge in [0.25, 0.3) is 5.91 Å². The fourth-order valence-electron chi connectivity index (χ4n) is 3.69. The number of likely N-dealkylation sites (tertiary alicyclic amines) is 1. The molecule has 25 heavy (non-hydrogen) atoms. The third kappa shape index (κ3) is 4.50. The lowest BCUT2D eigenvalue weighted by Gasteiger charge is -2.23. The molecule has 0 radical (unpaired) electrons. The van der Waals surface area contributed by atoms with E-state index in [1.165, 1.54) is 5.56 Å². The molecule has 3 rings (SSSR count). The maximum Gasteiger partial charge on any atom is 0.268 e. The zero-order valence-corrected chi connectivity index (χ0v) is 15.4. The van der Waals surface area contributed by atoms with E-state index in [0.717, 1.165) is 26.2 Å². The maximum atomic E-state index is 12.6. The monoisotopic (exact) mass is 340 g/mol. The van der Waals surface area contributed by atoms with E-state index in [1.807, 2.05) is 36.0 Å². The van der Waals surface area contributed by atoms with Gasteiger partial charge in [-0.25, -0.2) is 0 Å². The summed E-state index contributed by atoms with van der Waals surface area (Å²) in [6, 6.07) is 14.5. The van der Waals surface area contributed by atoms with Gasteiger partial charge >= 0.3 is 0 Å². The van der Waals surface area contributed by atoms with Crippen LogP contribution in [0.1, 0.15) is 16.1 Å². The molecule has 1 aromatic carbocycles. The first-order chi connectivity index (χ1) is 12.0. The Morgan fingerprint density at radius 3 is 2.56 bits per heavy atom. The predicted molar refractivity (Wildman–Crippen MR) is 100 cm³/mol. The molecule has 0 aliphatic carbocycles. The minimum absolute atomic E-state index is 0.0165. The lowest BCUT2D eigenvalue weighted by Crippen LogP contribution is -2.43. The van der Waals surface area contributed by atoms with Crippen LogP contribution in [0.5, 0.6) is 0 Å². The summed E-state index contributed by atoms with van der Waals surface area (Å²) in [5, 5.41) is 3.27. The van der Waals surface area contributed by atoms with Crippen molar-refractivity contribution in [3.05, 3.63) is 59.9 Å². The fourth-order valence-corrected chi connectivity index (χ4v) is 3.69. The molecule has 1 N–H and O–H groups in total. The Bertz CT molecular complexity index is 695. The van der Waals surface area contributed by atoms with Gasteiger partial charge < -0.3 is 14.8 Å². The summed E-state index contributed by atoms with van der Waals surface area (Å²) in [6.45, 7) is 3.80.